The number of likely N-dealkylation sites (tertiary alicyclic amines) is 1. The molecule has 51 heavy (non-hydrogen) atoms. The highest BCUT2D eigenvalue weighted by molar-refractivity contribution is 7.44. The van der Waals surface area contributed by atoms with E-state index in [0.29, 0.717) is 67.1 Å². The van der Waals surface area contributed by atoms with Crippen LogP contribution in [0.5, 0.6) is 11.5 Å². The minimum atomic E-state index is -1.36. The quantitative estimate of drug-likeness (QED) is 0.114. The van der Waals surface area contributed by atoms with Gasteiger partial charge in [-0.2, -0.15) is 5.26 Å². The molecule has 1 atom stereocenters. The summed E-state index contributed by atoms with van der Waals surface area (Å²) < 4.78 is 27.8. The van der Waals surface area contributed by atoms with E-state index in [1.54, 1.807) is 12.1 Å². The van der Waals surface area contributed by atoms with E-state index < -0.39 is 20.1 Å². The molecule has 3 aliphatic heterocycles. The molecule has 11 nitrogen and oxygen atoms in total. The van der Waals surface area contributed by atoms with Crippen LogP contribution in [-0.4, -0.2) is 87.5 Å². The number of piperidine rings is 1. The zero-order valence-corrected chi connectivity index (χ0v) is 31.7. The Morgan fingerprint density at radius 3 is 2.02 bits per heavy atom. The molecule has 0 radical (unpaired) electrons. The summed E-state index contributed by atoms with van der Waals surface area (Å²) in [6.45, 7) is 9.80. The highest BCUT2D eigenvalue weighted by atomic mass is 31.2. The average Bonchev–Trinajstić information content (AvgIpc) is 3.39. The number of ether oxygens (including phenoxy) is 2. The van der Waals surface area contributed by atoms with Gasteiger partial charge in [0.2, 0.25) is 0 Å². The third-order valence-electron chi connectivity index (χ3n) is 9.68. The highest BCUT2D eigenvalue weighted by Crippen LogP contribution is 2.57. The van der Waals surface area contributed by atoms with Gasteiger partial charge in [-0.05, 0) is 76.9 Å². The van der Waals surface area contributed by atoms with Gasteiger partial charge in [0, 0.05) is 99.1 Å². The van der Waals surface area contributed by atoms with Gasteiger partial charge in [0.15, 0.2) is 5.60 Å². The molecule has 3 aliphatic rings. The highest BCUT2D eigenvalue weighted by Gasteiger charge is 2.54. The number of nitrogens with zero attached hydrogens (tertiary/aromatic N) is 5. The summed E-state index contributed by atoms with van der Waals surface area (Å²) >= 11 is 0. The fourth-order valence-electron chi connectivity index (χ4n) is 7.16. The van der Waals surface area contributed by atoms with Gasteiger partial charge in [-0.1, -0.05) is 6.07 Å². The van der Waals surface area contributed by atoms with Gasteiger partial charge in [0.25, 0.3) is 14.4 Å². The maximum Gasteiger partial charge on any atom is 0.340 e. The van der Waals surface area contributed by atoms with Gasteiger partial charge < -0.3 is 33.2 Å². The zero-order valence-electron chi connectivity index (χ0n) is 30.8. The normalized spacial score (nSPS) is 16.7. The van der Waals surface area contributed by atoms with Crippen LogP contribution >= 0.6 is 8.53 Å². The molecule has 0 N–H and O–H groups in total. The predicted octanol–water partition coefficient (Wildman–Crippen LogP) is 7.28. The number of rotatable bonds is 11. The second kappa shape index (κ2) is 14.8. The Bertz CT molecular complexity index is 1770. The summed E-state index contributed by atoms with van der Waals surface area (Å²) in [4.78, 5) is 33.5. The monoisotopic (exact) mass is 713 g/mol. The molecule has 1 spiro atoms. The van der Waals surface area contributed by atoms with Crippen molar-refractivity contribution >= 4 is 31.8 Å². The number of carbonyl (C=O) groups is 2. The topological polar surface area (TPSA) is 108 Å². The number of amides is 1. The van der Waals surface area contributed by atoms with Gasteiger partial charge in [0.05, 0.1) is 30.8 Å². The molecule has 3 heterocycles. The van der Waals surface area contributed by atoms with E-state index in [4.69, 9.17) is 23.8 Å². The van der Waals surface area contributed by atoms with Crippen LogP contribution in [0.3, 0.4) is 0 Å². The molecule has 1 fully saturated rings. The molecule has 0 saturated carbocycles. The first-order valence-electron chi connectivity index (χ1n) is 17.6. The molecule has 0 bridgehead atoms. The van der Waals surface area contributed by atoms with Gasteiger partial charge in [0.1, 0.15) is 11.5 Å². The second-order valence-corrected chi connectivity index (χ2v) is 15.6. The van der Waals surface area contributed by atoms with E-state index in [1.165, 1.54) is 0 Å². The van der Waals surface area contributed by atoms with Crippen molar-refractivity contribution in [3.63, 3.8) is 0 Å². The third-order valence-corrected chi connectivity index (χ3v) is 11.9. The van der Waals surface area contributed by atoms with Crippen molar-refractivity contribution in [3.8, 4) is 17.6 Å². The van der Waals surface area contributed by atoms with Crippen molar-refractivity contribution < 1.29 is 28.1 Å². The van der Waals surface area contributed by atoms with Crippen molar-refractivity contribution in [1.29, 1.82) is 5.26 Å². The van der Waals surface area contributed by atoms with E-state index in [0.717, 1.165) is 22.5 Å². The number of anilines is 2. The van der Waals surface area contributed by atoms with Crippen LogP contribution in [0.15, 0.2) is 54.6 Å². The number of fused-ring (bicyclic) bond motifs is 6. The van der Waals surface area contributed by atoms with Crippen LogP contribution < -0.4 is 14.5 Å². The van der Waals surface area contributed by atoms with Crippen LogP contribution in [0, 0.1) is 11.3 Å². The fraction of sp³-hybridized carbons (Fsp3) is 0.462. The Morgan fingerprint density at radius 1 is 0.922 bits per heavy atom. The van der Waals surface area contributed by atoms with Crippen LogP contribution in [0.1, 0.15) is 84.4 Å². The van der Waals surface area contributed by atoms with Crippen molar-refractivity contribution in [1.82, 2.24) is 9.57 Å². The summed E-state index contributed by atoms with van der Waals surface area (Å²) in [6.07, 6.45) is 1.54. The van der Waals surface area contributed by atoms with Crippen molar-refractivity contribution in [2.24, 2.45) is 0 Å². The first kappa shape index (κ1) is 36.6. The summed E-state index contributed by atoms with van der Waals surface area (Å²) in [7, 11) is 6.51. The smallest absolute Gasteiger partial charge is 0.340 e. The summed E-state index contributed by atoms with van der Waals surface area (Å²) in [6, 6.07) is 19.7. The lowest BCUT2D eigenvalue weighted by Crippen LogP contribution is -2.41. The van der Waals surface area contributed by atoms with Crippen LogP contribution in [0.25, 0.3) is 0 Å². The average molecular weight is 714 g/mol. The lowest BCUT2D eigenvalue weighted by molar-refractivity contribution is 0.0224. The van der Waals surface area contributed by atoms with Crippen molar-refractivity contribution in [2.45, 2.75) is 70.7 Å². The molecule has 12 heteroatoms. The molecule has 270 valence electrons. The number of esters is 1. The predicted molar refractivity (Wildman–Crippen MR) is 199 cm³/mol. The molecule has 6 rings (SSSR count). The van der Waals surface area contributed by atoms with Gasteiger partial charge in [-0.25, -0.2) is 9.46 Å². The first-order valence-corrected chi connectivity index (χ1v) is 18.7. The Hall–Kier alpha value is -4.20. The largest absolute Gasteiger partial charge is 0.456 e. The number of nitriles is 1. The Kier molecular flexibility index (Phi) is 10.6. The van der Waals surface area contributed by atoms with Gasteiger partial charge >= 0.3 is 5.97 Å². The second-order valence-electron chi connectivity index (χ2n) is 14.2. The molecule has 1 unspecified atom stereocenters. The standard InChI is InChI=1S/C39H48N5O6P/c1-25(2)44(26(3)4)51(47-21-9-18-40)50-30-16-19-43(20-17-30)37(45)27-10-13-32-31(22-27)38(46)49-39(32)33-14-11-28(41(5)6)23-35(33)48-36-24-29(42(7)8)12-15-34(36)39/h10-15,22-26,30H,9,16-17,19-21H2,1-8H3. The minimum Gasteiger partial charge on any atom is -0.456 e. The molecular weight excluding hydrogens is 665 g/mol. The number of benzene rings is 3. The lowest BCUT2D eigenvalue weighted by atomic mass is 9.77. The van der Waals surface area contributed by atoms with E-state index in [-0.39, 0.29) is 24.1 Å². The van der Waals surface area contributed by atoms with Gasteiger partial charge in [-0.15, -0.1) is 0 Å². The van der Waals surface area contributed by atoms with Crippen LogP contribution in [0.4, 0.5) is 11.4 Å². The molecule has 1 saturated heterocycles. The number of carbonyl (C=O) groups excluding carboxylic acids is 2. The zero-order chi connectivity index (χ0) is 36.6. The summed E-state index contributed by atoms with van der Waals surface area (Å²) in [5.74, 6) is 0.602. The lowest BCUT2D eigenvalue weighted by Gasteiger charge is -2.39. The van der Waals surface area contributed by atoms with Gasteiger partial charge in [-0.3, -0.25) is 4.79 Å². The maximum atomic E-state index is 13.9. The Balaban J connectivity index is 1.25. The first-order chi connectivity index (χ1) is 24.3. The molecule has 3 aromatic carbocycles. The van der Waals surface area contributed by atoms with Crippen LogP contribution in [0.2, 0.25) is 0 Å². The van der Waals surface area contributed by atoms with Crippen LogP contribution in [-0.2, 0) is 19.4 Å². The number of hydrogen-bond acceptors (Lipinski definition) is 10. The van der Waals surface area contributed by atoms with Crippen molar-refractivity contribution in [3.05, 3.63) is 82.4 Å². The van der Waals surface area contributed by atoms with Crippen molar-refractivity contribution in [2.75, 3.05) is 57.7 Å². The van der Waals surface area contributed by atoms with E-state index in [2.05, 4.69) is 38.4 Å². The maximum absolute atomic E-state index is 13.9. The van der Waals surface area contributed by atoms with E-state index in [1.807, 2.05) is 85.4 Å². The molecule has 3 aromatic rings. The molecule has 0 aliphatic carbocycles. The molecule has 0 aromatic heterocycles. The number of hydrogen-bond donors (Lipinski definition) is 0. The third kappa shape index (κ3) is 6.91. The molecule has 1 amide bonds. The SMILES string of the molecule is CC(C)N(C(C)C)P(OCCC#N)OC1CCN(C(=O)c2ccc3c(c2)C(=O)OC32c3ccc(N(C)C)cc3Oc3cc(N(C)C)ccc32)CC1. The Labute approximate surface area is 302 Å². The van der Waals surface area contributed by atoms with E-state index >= 15 is 0 Å². The molecular formula is C39H48N5O6P. The summed E-state index contributed by atoms with van der Waals surface area (Å²) in [5, 5.41) is 9.04. The Morgan fingerprint density at radius 2 is 1.49 bits per heavy atom. The van der Waals surface area contributed by atoms with E-state index in [9.17, 15) is 9.59 Å². The fourth-order valence-corrected chi connectivity index (χ4v) is 8.93. The minimum absolute atomic E-state index is 0.0771. The summed E-state index contributed by atoms with van der Waals surface area (Å²) in [5.41, 5.74) is 3.64.